The molecule has 3 aromatic carbocycles. The monoisotopic (exact) mass is 512 g/mol. The van der Waals surface area contributed by atoms with E-state index in [1.54, 1.807) is 0 Å². The Morgan fingerprint density at radius 2 is 1.24 bits per heavy atom. The van der Waals surface area contributed by atoms with Crippen LogP contribution < -0.4 is 4.74 Å². The third kappa shape index (κ3) is 5.98. The van der Waals surface area contributed by atoms with Crippen molar-refractivity contribution in [3.8, 4) is 5.75 Å². The highest BCUT2D eigenvalue weighted by molar-refractivity contribution is 5.86. The van der Waals surface area contributed by atoms with Crippen LogP contribution in [-0.4, -0.2) is 5.97 Å². The van der Waals surface area contributed by atoms with Gasteiger partial charge in [-0.3, -0.25) is 4.79 Å². The van der Waals surface area contributed by atoms with E-state index in [0.29, 0.717) is 13.2 Å². The van der Waals surface area contributed by atoms with Crippen molar-refractivity contribution in [1.82, 2.24) is 0 Å². The number of rotatable bonds is 12. The predicted octanol–water partition coefficient (Wildman–Crippen LogP) is 8.81. The van der Waals surface area contributed by atoms with Crippen molar-refractivity contribution in [3.05, 3.63) is 101 Å². The standard InChI is InChI=1S/C35H44O3/c1-7-33(4,5)28-14-10-26(11-15-28)24-37-31-20-18-30(19-21-31)35(22-23-35)32(36)38-25-27-12-16-29(17-13-27)34(6,8-2)9-3/h10-21H,7-9,22-25H2,1-6H3. The first-order valence-electron chi connectivity index (χ1n) is 14.3. The number of hydrogen-bond acceptors (Lipinski definition) is 3. The van der Waals surface area contributed by atoms with Gasteiger partial charge in [0, 0.05) is 0 Å². The van der Waals surface area contributed by atoms with Gasteiger partial charge in [-0.25, -0.2) is 0 Å². The summed E-state index contributed by atoms with van der Waals surface area (Å²) >= 11 is 0. The van der Waals surface area contributed by atoms with E-state index in [-0.39, 0.29) is 16.8 Å². The first-order chi connectivity index (χ1) is 18.2. The zero-order chi connectivity index (χ0) is 27.4. The summed E-state index contributed by atoms with van der Waals surface area (Å²) in [6.45, 7) is 14.4. The molecule has 3 nitrogen and oxygen atoms in total. The smallest absolute Gasteiger partial charge is 0.316 e. The van der Waals surface area contributed by atoms with Gasteiger partial charge in [-0.1, -0.05) is 102 Å². The molecule has 1 saturated carbocycles. The van der Waals surface area contributed by atoms with Gasteiger partial charge in [-0.15, -0.1) is 0 Å². The van der Waals surface area contributed by atoms with Crippen molar-refractivity contribution < 1.29 is 14.3 Å². The van der Waals surface area contributed by atoms with Gasteiger partial charge in [0.15, 0.2) is 0 Å². The third-order valence-corrected chi connectivity index (χ3v) is 9.15. The number of esters is 1. The second kappa shape index (κ2) is 11.4. The van der Waals surface area contributed by atoms with Crippen LogP contribution in [0.3, 0.4) is 0 Å². The van der Waals surface area contributed by atoms with Crippen molar-refractivity contribution in [3.63, 3.8) is 0 Å². The summed E-state index contributed by atoms with van der Waals surface area (Å²) in [6.07, 6.45) is 4.98. The van der Waals surface area contributed by atoms with Gasteiger partial charge < -0.3 is 9.47 Å². The molecule has 0 saturated heterocycles. The summed E-state index contributed by atoms with van der Waals surface area (Å²) < 4.78 is 11.8. The summed E-state index contributed by atoms with van der Waals surface area (Å²) in [4.78, 5) is 13.1. The molecule has 0 aromatic heterocycles. The lowest BCUT2D eigenvalue weighted by Crippen LogP contribution is -2.23. The molecule has 0 unspecified atom stereocenters. The minimum absolute atomic E-state index is 0.128. The number of hydrogen-bond donors (Lipinski definition) is 0. The Balaban J connectivity index is 1.31. The molecule has 1 aliphatic rings. The number of carbonyl (C=O) groups is 1. The van der Waals surface area contributed by atoms with Crippen LogP contribution >= 0.6 is 0 Å². The zero-order valence-electron chi connectivity index (χ0n) is 24.1. The number of ether oxygens (including phenoxy) is 2. The molecule has 0 atom stereocenters. The van der Waals surface area contributed by atoms with Crippen LogP contribution in [0, 0.1) is 0 Å². The van der Waals surface area contributed by atoms with Crippen LogP contribution in [0.15, 0.2) is 72.8 Å². The molecule has 0 N–H and O–H groups in total. The van der Waals surface area contributed by atoms with Crippen LogP contribution in [0.4, 0.5) is 0 Å². The van der Waals surface area contributed by atoms with Crippen LogP contribution in [0.2, 0.25) is 0 Å². The van der Waals surface area contributed by atoms with E-state index in [4.69, 9.17) is 9.47 Å². The predicted molar refractivity (Wildman–Crippen MR) is 156 cm³/mol. The van der Waals surface area contributed by atoms with Crippen molar-refractivity contribution in [1.29, 1.82) is 0 Å². The van der Waals surface area contributed by atoms with Crippen molar-refractivity contribution >= 4 is 5.97 Å². The molecule has 0 heterocycles. The van der Waals surface area contributed by atoms with Gasteiger partial charge in [0.05, 0.1) is 5.41 Å². The second-order valence-electron chi connectivity index (χ2n) is 11.9. The fraction of sp³-hybridized carbons (Fsp3) is 0.457. The second-order valence-corrected chi connectivity index (χ2v) is 11.9. The average Bonchev–Trinajstić information content (AvgIpc) is 3.77. The Hall–Kier alpha value is -3.07. The third-order valence-electron chi connectivity index (χ3n) is 9.15. The molecule has 3 aromatic rings. The Labute approximate surface area is 229 Å². The van der Waals surface area contributed by atoms with E-state index in [2.05, 4.69) is 90.1 Å². The van der Waals surface area contributed by atoms with Crippen molar-refractivity contribution in [2.24, 2.45) is 0 Å². The number of carbonyl (C=O) groups excluding carboxylic acids is 1. The van der Waals surface area contributed by atoms with E-state index in [1.807, 2.05) is 24.3 Å². The van der Waals surface area contributed by atoms with Crippen LogP contribution in [-0.2, 0) is 39.0 Å². The Bertz CT molecular complexity index is 1200. The summed E-state index contributed by atoms with van der Waals surface area (Å²) in [5.74, 6) is 0.680. The highest BCUT2D eigenvalue weighted by Gasteiger charge is 2.52. The summed E-state index contributed by atoms with van der Waals surface area (Å²) in [5, 5.41) is 0. The van der Waals surface area contributed by atoms with Gasteiger partial charge in [-0.05, 0) is 82.9 Å². The van der Waals surface area contributed by atoms with Gasteiger partial charge in [0.1, 0.15) is 19.0 Å². The lowest BCUT2D eigenvalue weighted by Gasteiger charge is -2.27. The minimum atomic E-state index is -0.511. The Kier molecular flexibility index (Phi) is 8.35. The van der Waals surface area contributed by atoms with E-state index >= 15 is 0 Å². The Morgan fingerprint density at radius 1 is 0.711 bits per heavy atom. The van der Waals surface area contributed by atoms with Crippen molar-refractivity contribution in [2.45, 2.75) is 103 Å². The summed E-state index contributed by atoms with van der Waals surface area (Å²) in [5.41, 5.74) is 5.75. The fourth-order valence-corrected chi connectivity index (χ4v) is 4.98. The van der Waals surface area contributed by atoms with Crippen molar-refractivity contribution in [2.75, 3.05) is 0 Å². The molecular formula is C35H44O3. The topological polar surface area (TPSA) is 35.5 Å². The van der Waals surface area contributed by atoms with Crippen LogP contribution in [0.25, 0.3) is 0 Å². The Morgan fingerprint density at radius 3 is 1.74 bits per heavy atom. The molecule has 1 aliphatic carbocycles. The maximum atomic E-state index is 13.1. The maximum Gasteiger partial charge on any atom is 0.316 e. The molecule has 0 spiro atoms. The average molecular weight is 513 g/mol. The summed E-state index contributed by atoms with van der Waals surface area (Å²) in [7, 11) is 0. The molecule has 202 valence electrons. The molecule has 0 aliphatic heterocycles. The molecule has 38 heavy (non-hydrogen) atoms. The van der Waals surface area contributed by atoms with Crippen LogP contribution in [0.1, 0.15) is 101 Å². The molecular weight excluding hydrogens is 468 g/mol. The maximum absolute atomic E-state index is 13.1. The van der Waals surface area contributed by atoms with E-state index in [1.165, 1.54) is 11.1 Å². The van der Waals surface area contributed by atoms with Gasteiger partial charge in [-0.2, -0.15) is 0 Å². The fourth-order valence-electron chi connectivity index (χ4n) is 4.98. The largest absolute Gasteiger partial charge is 0.489 e. The van der Waals surface area contributed by atoms with Crippen LogP contribution in [0.5, 0.6) is 5.75 Å². The minimum Gasteiger partial charge on any atom is -0.489 e. The van der Waals surface area contributed by atoms with Gasteiger partial charge >= 0.3 is 5.97 Å². The quantitative estimate of drug-likeness (QED) is 0.227. The molecule has 1 fully saturated rings. The summed E-state index contributed by atoms with van der Waals surface area (Å²) in [6, 6.07) is 25.2. The molecule has 0 radical (unpaired) electrons. The number of benzene rings is 3. The first kappa shape index (κ1) is 28.0. The molecule has 0 amide bonds. The highest BCUT2D eigenvalue weighted by atomic mass is 16.5. The van der Waals surface area contributed by atoms with E-state index < -0.39 is 5.41 Å². The SMILES string of the molecule is CCC(C)(C)c1ccc(COc2ccc(C3(C(=O)OCc4ccc(C(C)(CC)CC)cc4)CC3)cc2)cc1. The zero-order valence-corrected chi connectivity index (χ0v) is 24.1. The van der Waals surface area contributed by atoms with Gasteiger partial charge in [0.25, 0.3) is 0 Å². The molecule has 0 bridgehead atoms. The molecule has 4 rings (SSSR count). The highest BCUT2D eigenvalue weighted by Crippen LogP contribution is 2.49. The normalized spacial score (nSPS) is 14.7. The first-order valence-corrected chi connectivity index (χ1v) is 14.3. The lowest BCUT2D eigenvalue weighted by molar-refractivity contribution is -0.148. The van der Waals surface area contributed by atoms with Gasteiger partial charge in [0.2, 0.25) is 0 Å². The lowest BCUT2D eigenvalue weighted by atomic mass is 9.78. The van der Waals surface area contributed by atoms with E-state index in [0.717, 1.165) is 54.5 Å². The van der Waals surface area contributed by atoms with E-state index in [9.17, 15) is 4.79 Å². The molecule has 3 heteroatoms.